The number of halogens is 2. The van der Waals surface area contributed by atoms with Gasteiger partial charge in [-0.05, 0) is 43.1 Å². The van der Waals surface area contributed by atoms with Gasteiger partial charge in [0.05, 0.1) is 15.6 Å². The van der Waals surface area contributed by atoms with Crippen LogP contribution in [0.3, 0.4) is 0 Å². The van der Waals surface area contributed by atoms with Crippen LogP contribution in [-0.2, 0) is 6.42 Å². The van der Waals surface area contributed by atoms with Gasteiger partial charge in [-0.3, -0.25) is 0 Å². The number of hydrogen-bond donors (Lipinski definition) is 1. The predicted molar refractivity (Wildman–Crippen MR) is 76.2 cm³/mol. The van der Waals surface area contributed by atoms with Gasteiger partial charge >= 0.3 is 0 Å². The molecule has 102 valence electrons. The van der Waals surface area contributed by atoms with Gasteiger partial charge in [-0.25, -0.2) is 4.39 Å². The van der Waals surface area contributed by atoms with Gasteiger partial charge in [0.15, 0.2) is 0 Å². The van der Waals surface area contributed by atoms with Crippen LogP contribution in [0, 0.1) is 12.7 Å². The molecule has 1 N–H and O–H groups in total. The van der Waals surface area contributed by atoms with Crippen molar-refractivity contribution >= 4 is 23.1 Å². The van der Waals surface area contributed by atoms with Crippen LogP contribution < -0.4 is 5.32 Å². The monoisotopic (exact) mass is 299 g/mol. The molecule has 1 atom stereocenters. The molecule has 0 radical (unpaired) electrons. The van der Waals surface area contributed by atoms with E-state index in [1.807, 2.05) is 13.8 Å². The number of aryl methyl sites for hydroxylation is 1. The molecule has 6 heteroatoms. The Labute approximate surface area is 121 Å². The topological polar surface area (TPSA) is 37.8 Å². The van der Waals surface area contributed by atoms with Crippen molar-refractivity contribution < 1.29 is 4.39 Å². The maximum Gasteiger partial charge on any atom is 0.145 e. The minimum absolute atomic E-state index is 0.0120. The van der Waals surface area contributed by atoms with E-state index >= 15 is 0 Å². The van der Waals surface area contributed by atoms with Gasteiger partial charge < -0.3 is 5.32 Å². The van der Waals surface area contributed by atoms with Crippen molar-refractivity contribution in [1.29, 1.82) is 0 Å². The highest BCUT2D eigenvalue weighted by atomic mass is 35.5. The fraction of sp³-hybridized carbons (Fsp3) is 0.385. The normalized spacial score (nSPS) is 12.6. The van der Waals surface area contributed by atoms with E-state index in [0.717, 1.165) is 17.1 Å². The largest absolute Gasteiger partial charge is 0.309 e. The predicted octanol–water partition coefficient (Wildman–Crippen LogP) is 3.53. The van der Waals surface area contributed by atoms with Crippen molar-refractivity contribution in [3.63, 3.8) is 0 Å². The Balaban J connectivity index is 2.27. The van der Waals surface area contributed by atoms with Crippen LogP contribution in [0.2, 0.25) is 5.02 Å². The summed E-state index contributed by atoms with van der Waals surface area (Å²) in [5.74, 6) is -0.345. The molecule has 0 bridgehead atoms. The van der Waals surface area contributed by atoms with E-state index in [1.54, 1.807) is 18.2 Å². The van der Waals surface area contributed by atoms with E-state index in [-0.39, 0.29) is 16.9 Å². The average Bonchev–Trinajstić information content (AvgIpc) is 2.80. The molecule has 0 aliphatic carbocycles. The van der Waals surface area contributed by atoms with Gasteiger partial charge in [0, 0.05) is 6.04 Å². The molecule has 2 aromatic rings. The second-order valence-electron chi connectivity index (χ2n) is 4.25. The Hall–Kier alpha value is -1.04. The molecule has 1 heterocycles. The quantitative estimate of drug-likeness (QED) is 0.918. The van der Waals surface area contributed by atoms with E-state index in [0.29, 0.717) is 12.0 Å². The molecule has 0 aliphatic rings. The zero-order chi connectivity index (χ0) is 13.8. The minimum Gasteiger partial charge on any atom is -0.309 e. The van der Waals surface area contributed by atoms with Crippen LogP contribution in [0.5, 0.6) is 0 Å². The first-order valence-electron chi connectivity index (χ1n) is 6.08. The number of nitrogens with one attached hydrogen (secondary N) is 1. The van der Waals surface area contributed by atoms with Crippen LogP contribution in [0.15, 0.2) is 18.2 Å². The van der Waals surface area contributed by atoms with Crippen LogP contribution in [0.4, 0.5) is 4.39 Å². The zero-order valence-corrected chi connectivity index (χ0v) is 12.4. The van der Waals surface area contributed by atoms with Crippen LogP contribution in [0.1, 0.15) is 29.1 Å². The van der Waals surface area contributed by atoms with E-state index in [2.05, 4.69) is 14.9 Å². The first kappa shape index (κ1) is 14.4. The molecular weight excluding hydrogens is 285 g/mol. The van der Waals surface area contributed by atoms with Crippen molar-refractivity contribution in [3.05, 3.63) is 45.2 Å². The van der Waals surface area contributed by atoms with Crippen molar-refractivity contribution in [3.8, 4) is 0 Å². The molecule has 1 unspecified atom stereocenters. The molecule has 1 aromatic heterocycles. The molecule has 0 saturated carbocycles. The number of likely N-dealkylation sites (N-methyl/N-ethyl adjacent to an activating group) is 1. The standard InChI is InChI=1S/C13H15ClFN3S/c1-3-16-11(13-8(2)17-18-19-13)7-9-5-4-6-10(14)12(9)15/h4-6,11,16H,3,7H2,1-2H3. The fourth-order valence-corrected chi connectivity index (χ4v) is 2.90. The Kier molecular flexibility index (Phi) is 4.85. The average molecular weight is 300 g/mol. The SMILES string of the molecule is CCNC(Cc1cccc(Cl)c1F)c1snnc1C. The maximum absolute atomic E-state index is 14.0. The molecule has 19 heavy (non-hydrogen) atoms. The van der Waals surface area contributed by atoms with E-state index in [4.69, 9.17) is 11.6 Å². The lowest BCUT2D eigenvalue weighted by atomic mass is 10.0. The van der Waals surface area contributed by atoms with Crippen molar-refractivity contribution in [2.24, 2.45) is 0 Å². The molecule has 0 aliphatic heterocycles. The van der Waals surface area contributed by atoms with Crippen LogP contribution >= 0.6 is 23.1 Å². The Morgan fingerprint density at radius 1 is 1.47 bits per heavy atom. The van der Waals surface area contributed by atoms with E-state index in [1.165, 1.54) is 11.5 Å². The first-order valence-corrected chi connectivity index (χ1v) is 7.23. The second kappa shape index (κ2) is 6.41. The highest BCUT2D eigenvalue weighted by molar-refractivity contribution is 7.05. The van der Waals surface area contributed by atoms with Crippen molar-refractivity contribution in [2.75, 3.05) is 6.54 Å². The van der Waals surface area contributed by atoms with Crippen molar-refractivity contribution in [1.82, 2.24) is 14.9 Å². The minimum atomic E-state index is -0.345. The molecule has 0 amide bonds. The summed E-state index contributed by atoms with van der Waals surface area (Å²) in [4.78, 5) is 1.04. The number of rotatable bonds is 5. The number of nitrogens with zero attached hydrogens (tertiary/aromatic N) is 2. The summed E-state index contributed by atoms with van der Waals surface area (Å²) in [7, 11) is 0. The summed E-state index contributed by atoms with van der Waals surface area (Å²) in [6.07, 6.45) is 0.533. The fourth-order valence-electron chi connectivity index (χ4n) is 1.99. The Morgan fingerprint density at radius 2 is 2.26 bits per heavy atom. The summed E-state index contributed by atoms with van der Waals surface area (Å²) >= 11 is 7.16. The van der Waals surface area contributed by atoms with Crippen molar-refractivity contribution in [2.45, 2.75) is 26.3 Å². The van der Waals surface area contributed by atoms with E-state index in [9.17, 15) is 4.39 Å². The lowest BCUT2D eigenvalue weighted by Crippen LogP contribution is -2.23. The Bertz CT molecular complexity index is 559. The summed E-state index contributed by atoms with van der Waals surface area (Å²) in [6, 6.07) is 5.09. The lowest BCUT2D eigenvalue weighted by molar-refractivity contribution is 0.532. The summed E-state index contributed by atoms with van der Waals surface area (Å²) < 4.78 is 17.9. The van der Waals surface area contributed by atoms with E-state index < -0.39 is 0 Å². The van der Waals surface area contributed by atoms with Crippen LogP contribution in [-0.4, -0.2) is 16.1 Å². The molecule has 0 fully saturated rings. The number of hydrogen-bond acceptors (Lipinski definition) is 4. The molecule has 0 saturated heterocycles. The van der Waals surface area contributed by atoms with Gasteiger partial charge in [0.25, 0.3) is 0 Å². The molecule has 2 rings (SSSR count). The van der Waals surface area contributed by atoms with Crippen LogP contribution in [0.25, 0.3) is 0 Å². The van der Waals surface area contributed by atoms with Gasteiger partial charge in [0.1, 0.15) is 5.82 Å². The first-order chi connectivity index (χ1) is 9.13. The van der Waals surface area contributed by atoms with Gasteiger partial charge in [0.2, 0.25) is 0 Å². The highest BCUT2D eigenvalue weighted by Gasteiger charge is 2.19. The van der Waals surface area contributed by atoms with Gasteiger partial charge in [-0.15, -0.1) is 5.10 Å². The highest BCUT2D eigenvalue weighted by Crippen LogP contribution is 2.26. The summed E-state index contributed by atoms with van der Waals surface area (Å²) in [6.45, 7) is 4.73. The summed E-state index contributed by atoms with van der Waals surface area (Å²) in [5, 5.41) is 7.51. The number of benzene rings is 1. The summed E-state index contributed by atoms with van der Waals surface area (Å²) in [5.41, 5.74) is 1.49. The zero-order valence-electron chi connectivity index (χ0n) is 10.8. The second-order valence-corrected chi connectivity index (χ2v) is 5.44. The third-order valence-corrected chi connectivity index (χ3v) is 4.14. The molecular formula is C13H15ClFN3S. The maximum atomic E-state index is 14.0. The van der Waals surface area contributed by atoms with Gasteiger partial charge in [-0.1, -0.05) is 35.1 Å². The number of aromatic nitrogens is 2. The smallest absolute Gasteiger partial charge is 0.145 e. The lowest BCUT2D eigenvalue weighted by Gasteiger charge is -2.17. The molecule has 0 spiro atoms. The van der Waals surface area contributed by atoms with Gasteiger partial charge in [-0.2, -0.15) is 0 Å². The Morgan fingerprint density at radius 3 is 2.89 bits per heavy atom. The third-order valence-electron chi connectivity index (χ3n) is 2.91. The molecule has 3 nitrogen and oxygen atoms in total. The third kappa shape index (κ3) is 3.29. The molecule has 1 aromatic carbocycles.